The first-order valence-corrected chi connectivity index (χ1v) is 7.81. The van der Waals surface area contributed by atoms with Crippen LogP contribution in [0.1, 0.15) is 13.3 Å². The van der Waals surface area contributed by atoms with Crippen molar-refractivity contribution in [3.63, 3.8) is 0 Å². The second-order valence-corrected chi connectivity index (χ2v) is 5.94. The van der Waals surface area contributed by atoms with Crippen molar-refractivity contribution in [3.05, 3.63) is 48.3 Å². The third kappa shape index (κ3) is 4.04. The van der Waals surface area contributed by atoms with Gasteiger partial charge in [0, 0.05) is 12.6 Å². The Labute approximate surface area is 149 Å². The van der Waals surface area contributed by atoms with Crippen LogP contribution in [0.5, 0.6) is 0 Å². The molecule has 3 rings (SSSR count). The van der Waals surface area contributed by atoms with E-state index in [0.717, 1.165) is 31.5 Å². The fourth-order valence-corrected chi connectivity index (χ4v) is 2.44. The molecule has 1 atom stereocenters. The number of nitrogens with zero attached hydrogens (tertiary/aromatic N) is 3. The molecule has 0 aliphatic heterocycles. The summed E-state index contributed by atoms with van der Waals surface area (Å²) >= 11 is 0. The summed E-state index contributed by atoms with van der Waals surface area (Å²) in [6.07, 6.45) is -3.31. The summed E-state index contributed by atoms with van der Waals surface area (Å²) in [5.41, 5.74) is 0.517. The summed E-state index contributed by atoms with van der Waals surface area (Å²) in [4.78, 5) is 20.0. The van der Waals surface area contributed by atoms with Crippen molar-refractivity contribution in [2.24, 2.45) is 5.92 Å². The van der Waals surface area contributed by atoms with Gasteiger partial charge in [0.1, 0.15) is 23.0 Å². The van der Waals surface area contributed by atoms with Crippen molar-refractivity contribution in [1.29, 1.82) is 0 Å². The number of rotatable bonds is 4. The molecule has 3 aromatic heterocycles. The SMILES string of the molecule is CC(CC(=O)Nc1nc2ccc(F)cn2c1-c1ccc(F)cn1)C(F)(F)F. The highest BCUT2D eigenvalue weighted by Crippen LogP contribution is 2.31. The number of aromatic nitrogens is 3. The molecule has 27 heavy (non-hydrogen) atoms. The van der Waals surface area contributed by atoms with Crippen LogP contribution in [0.3, 0.4) is 0 Å². The van der Waals surface area contributed by atoms with Crippen molar-refractivity contribution >= 4 is 17.4 Å². The monoisotopic (exact) mass is 384 g/mol. The van der Waals surface area contributed by atoms with Gasteiger partial charge < -0.3 is 5.32 Å². The fourth-order valence-electron chi connectivity index (χ4n) is 2.44. The molecule has 1 N–H and O–H groups in total. The third-order valence-electron chi connectivity index (χ3n) is 3.86. The van der Waals surface area contributed by atoms with Crippen LogP contribution in [0.2, 0.25) is 0 Å². The topological polar surface area (TPSA) is 59.3 Å². The van der Waals surface area contributed by atoms with E-state index in [1.807, 2.05) is 0 Å². The van der Waals surface area contributed by atoms with Gasteiger partial charge in [0.15, 0.2) is 5.82 Å². The predicted octanol–water partition coefficient (Wildman–Crippen LogP) is 4.20. The highest BCUT2D eigenvalue weighted by Gasteiger charge is 2.37. The second kappa shape index (κ2) is 6.93. The zero-order valence-electron chi connectivity index (χ0n) is 13.9. The molecule has 0 fully saturated rings. The van der Waals surface area contributed by atoms with Crippen molar-refractivity contribution in [1.82, 2.24) is 14.4 Å². The highest BCUT2D eigenvalue weighted by molar-refractivity contribution is 5.94. The van der Waals surface area contributed by atoms with E-state index in [1.54, 1.807) is 0 Å². The van der Waals surface area contributed by atoms with Crippen LogP contribution in [-0.4, -0.2) is 26.5 Å². The van der Waals surface area contributed by atoms with Gasteiger partial charge in [-0.3, -0.25) is 14.2 Å². The Hall–Kier alpha value is -3.04. The minimum absolute atomic E-state index is 0.0981. The van der Waals surface area contributed by atoms with Crippen LogP contribution >= 0.6 is 0 Å². The van der Waals surface area contributed by atoms with E-state index < -0.39 is 36.1 Å². The standard InChI is InChI=1S/C17H13F5N4O/c1-9(17(20,21)22)6-14(27)25-16-15(12-4-2-10(18)7-23-12)26-8-11(19)3-5-13(26)24-16/h2-5,7-9H,6H2,1H3,(H,25,27). The Morgan fingerprint density at radius 2 is 1.89 bits per heavy atom. The molecule has 0 aliphatic rings. The summed E-state index contributed by atoms with van der Waals surface area (Å²) < 4.78 is 66.0. The molecule has 1 amide bonds. The Kier molecular flexibility index (Phi) is 4.81. The van der Waals surface area contributed by atoms with E-state index in [4.69, 9.17) is 0 Å². The quantitative estimate of drug-likeness (QED) is 0.686. The molecule has 5 nitrogen and oxygen atoms in total. The van der Waals surface area contributed by atoms with Crippen molar-refractivity contribution < 1.29 is 26.7 Å². The molecular formula is C17H13F5N4O. The summed E-state index contributed by atoms with van der Waals surface area (Å²) in [7, 11) is 0. The molecule has 0 aromatic carbocycles. The number of halogens is 5. The van der Waals surface area contributed by atoms with E-state index >= 15 is 0 Å². The molecule has 142 valence electrons. The maximum atomic E-state index is 13.6. The number of pyridine rings is 2. The molecule has 3 heterocycles. The molecule has 1 unspecified atom stereocenters. The second-order valence-electron chi connectivity index (χ2n) is 5.94. The van der Waals surface area contributed by atoms with Crippen LogP contribution in [0.4, 0.5) is 27.8 Å². The number of carbonyl (C=O) groups is 1. The van der Waals surface area contributed by atoms with Gasteiger partial charge in [-0.25, -0.2) is 13.8 Å². The van der Waals surface area contributed by atoms with Gasteiger partial charge in [-0.2, -0.15) is 13.2 Å². The number of nitrogens with one attached hydrogen (secondary N) is 1. The number of anilines is 1. The number of alkyl halides is 3. The summed E-state index contributed by atoms with van der Waals surface area (Å²) in [6, 6.07) is 4.87. The Bertz CT molecular complexity index is 981. The zero-order chi connectivity index (χ0) is 19.8. The van der Waals surface area contributed by atoms with Crippen molar-refractivity contribution in [2.75, 3.05) is 5.32 Å². The fraction of sp³-hybridized carbons (Fsp3) is 0.235. The van der Waals surface area contributed by atoms with E-state index in [2.05, 4.69) is 15.3 Å². The van der Waals surface area contributed by atoms with E-state index in [1.165, 1.54) is 16.5 Å². The number of imidazole rings is 1. The summed E-state index contributed by atoms with van der Waals surface area (Å²) in [6.45, 7) is 0.890. The maximum absolute atomic E-state index is 13.6. The van der Waals surface area contributed by atoms with Gasteiger partial charge in [0.25, 0.3) is 0 Å². The first-order valence-electron chi connectivity index (χ1n) is 7.81. The van der Waals surface area contributed by atoms with Crippen LogP contribution in [0.25, 0.3) is 17.0 Å². The number of hydrogen-bond donors (Lipinski definition) is 1. The lowest BCUT2D eigenvalue weighted by Crippen LogP contribution is -2.25. The number of fused-ring (bicyclic) bond motifs is 1. The number of carbonyl (C=O) groups excluding carboxylic acids is 1. The lowest BCUT2D eigenvalue weighted by Gasteiger charge is -2.14. The van der Waals surface area contributed by atoms with Gasteiger partial charge in [0.2, 0.25) is 5.91 Å². The van der Waals surface area contributed by atoms with Crippen LogP contribution in [-0.2, 0) is 4.79 Å². The van der Waals surface area contributed by atoms with Crippen molar-refractivity contribution in [2.45, 2.75) is 19.5 Å². The smallest absolute Gasteiger partial charge is 0.309 e. The average molecular weight is 384 g/mol. The highest BCUT2D eigenvalue weighted by atomic mass is 19.4. The Morgan fingerprint density at radius 3 is 2.52 bits per heavy atom. The average Bonchev–Trinajstić information content (AvgIpc) is 2.91. The van der Waals surface area contributed by atoms with Gasteiger partial charge in [-0.05, 0) is 24.3 Å². The van der Waals surface area contributed by atoms with Crippen LogP contribution < -0.4 is 5.32 Å². The lowest BCUT2D eigenvalue weighted by molar-refractivity contribution is -0.173. The number of amides is 1. The first kappa shape index (κ1) is 18.7. The first-order chi connectivity index (χ1) is 12.6. The molecule has 0 saturated heterocycles. The van der Waals surface area contributed by atoms with Gasteiger partial charge in [-0.15, -0.1) is 0 Å². The lowest BCUT2D eigenvalue weighted by atomic mass is 10.1. The maximum Gasteiger partial charge on any atom is 0.392 e. The number of hydrogen-bond acceptors (Lipinski definition) is 3. The zero-order valence-corrected chi connectivity index (χ0v) is 13.9. The van der Waals surface area contributed by atoms with Crippen LogP contribution in [0, 0.1) is 17.6 Å². The van der Waals surface area contributed by atoms with E-state index in [9.17, 15) is 26.7 Å². The largest absolute Gasteiger partial charge is 0.392 e. The minimum atomic E-state index is -4.51. The van der Waals surface area contributed by atoms with Crippen molar-refractivity contribution in [3.8, 4) is 11.4 Å². The Balaban J connectivity index is 2.01. The summed E-state index contributed by atoms with van der Waals surface area (Å²) in [5.74, 6) is -4.07. The summed E-state index contributed by atoms with van der Waals surface area (Å²) in [5, 5.41) is 2.31. The van der Waals surface area contributed by atoms with Gasteiger partial charge in [0.05, 0.1) is 17.8 Å². The molecule has 0 saturated carbocycles. The van der Waals surface area contributed by atoms with Gasteiger partial charge in [-0.1, -0.05) is 6.92 Å². The molecule has 0 spiro atoms. The molecular weight excluding hydrogens is 371 g/mol. The minimum Gasteiger partial charge on any atom is -0.309 e. The molecule has 0 bridgehead atoms. The van der Waals surface area contributed by atoms with E-state index in [0.29, 0.717) is 0 Å². The predicted molar refractivity (Wildman–Crippen MR) is 86.8 cm³/mol. The molecule has 0 aliphatic carbocycles. The van der Waals surface area contributed by atoms with Crippen LogP contribution in [0.15, 0.2) is 36.7 Å². The molecule has 10 heteroatoms. The Morgan fingerprint density at radius 1 is 1.19 bits per heavy atom. The molecule has 0 radical (unpaired) electrons. The normalized spacial score (nSPS) is 13.0. The van der Waals surface area contributed by atoms with Gasteiger partial charge >= 0.3 is 6.18 Å². The van der Waals surface area contributed by atoms with E-state index in [-0.39, 0.29) is 22.9 Å². The third-order valence-corrected chi connectivity index (χ3v) is 3.86. The molecule has 3 aromatic rings.